The minimum atomic E-state index is -1.15. The number of aromatic nitrogens is 4. The van der Waals surface area contributed by atoms with E-state index >= 15 is 0 Å². The monoisotopic (exact) mass is 605 g/mol. The van der Waals surface area contributed by atoms with Gasteiger partial charge in [0.25, 0.3) is 0 Å². The van der Waals surface area contributed by atoms with Crippen LogP contribution in [0.1, 0.15) is 20.3 Å². The number of hydrogen-bond acceptors (Lipinski definition) is 12. The molecule has 0 aliphatic carbocycles. The van der Waals surface area contributed by atoms with Crippen molar-refractivity contribution in [3.05, 3.63) is 16.9 Å². The van der Waals surface area contributed by atoms with Crippen molar-refractivity contribution < 1.29 is 24.3 Å². The van der Waals surface area contributed by atoms with Crippen LogP contribution < -0.4 is 22.1 Å². The highest BCUT2D eigenvalue weighted by Crippen LogP contribution is 2.51. The van der Waals surface area contributed by atoms with Gasteiger partial charge in [-0.15, -0.1) is 16.9 Å². The molecule has 3 fully saturated rings. The van der Waals surface area contributed by atoms with Gasteiger partial charge in [-0.25, -0.2) is 9.48 Å². The lowest BCUT2D eigenvalue weighted by Crippen LogP contribution is -2.66. The molecule has 5 rings (SSSR count). The second-order valence-corrected chi connectivity index (χ2v) is 12.8. The van der Waals surface area contributed by atoms with Gasteiger partial charge >= 0.3 is 5.97 Å². The predicted octanol–water partition coefficient (Wildman–Crippen LogP) is -3.16. The summed E-state index contributed by atoms with van der Waals surface area (Å²) < 4.78 is 1.28. The topological polar surface area (TPSA) is 218 Å². The lowest BCUT2D eigenvalue weighted by Gasteiger charge is -2.47. The normalized spacial score (nSPS) is 29.3. The van der Waals surface area contributed by atoms with Crippen molar-refractivity contribution in [2.45, 2.75) is 56.2 Å². The molecule has 1 aromatic heterocycles. The van der Waals surface area contributed by atoms with E-state index in [4.69, 9.17) is 11.5 Å². The molecule has 42 heavy (non-hydrogen) atoms. The highest BCUT2D eigenvalue weighted by molar-refractivity contribution is 8.03. The molecule has 0 bridgehead atoms. The molecule has 0 saturated carbocycles. The fourth-order valence-corrected chi connectivity index (χ4v) is 7.90. The Bertz CT molecular complexity index is 1220. The van der Waals surface area contributed by atoms with E-state index in [1.165, 1.54) is 27.7 Å². The number of hydrogen-bond donors (Lipinski definition) is 5. The van der Waals surface area contributed by atoms with Crippen LogP contribution >= 0.6 is 11.8 Å². The molecular weight excluding hydrogens is 566 g/mol. The first-order chi connectivity index (χ1) is 20.1. The molecule has 1 aromatic rings. The Kier molecular flexibility index (Phi) is 9.12. The van der Waals surface area contributed by atoms with Gasteiger partial charge in [0, 0.05) is 74.0 Å². The van der Waals surface area contributed by atoms with Gasteiger partial charge in [0.1, 0.15) is 18.6 Å². The Labute approximate surface area is 247 Å². The number of aliphatic carboxylic acids is 1. The molecule has 3 saturated heterocycles. The Morgan fingerprint density at radius 1 is 1.26 bits per heavy atom. The maximum absolute atomic E-state index is 13.3. The summed E-state index contributed by atoms with van der Waals surface area (Å²) in [4.78, 5) is 57.4. The summed E-state index contributed by atoms with van der Waals surface area (Å²) in [6, 6.07) is -1.30. The summed E-state index contributed by atoms with van der Waals surface area (Å²) in [6.07, 6.45) is 1.89. The van der Waals surface area contributed by atoms with Crippen LogP contribution in [0.2, 0.25) is 0 Å². The second kappa shape index (κ2) is 12.6. The predicted molar refractivity (Wildman–Crippen MR) is 151 cm³/mol. The molecular formula is C25H39N11O5S. The molecule has 4 aliphatic rings. The number of carbonyl (C=O) groups excluding carboxylic acids is 3. The standard InChI is InChI=1S/C25H39N11O5S/c1-13-20-19(14(2)30-18(37)11-35-12-29-31-32-35)24(39)36(20)21(25(40)41)22(13)42-16-7-17(28-9-16)23(38)34-5-3-33(4-6-34)10-15(27)8-26/h12-17,19-20,28H,3-11,26-27H2,1-2H3,(H,30,37)(H,40,41)/t13-,14?,15?,16+,17+,19-,20-/m1/s1. The summed E-state index contributed by atoms with van der Waals surface area (Å²) in [5.74, 6) is -2.55. The van der Waals surface area contributed by atoms with Crippen LogP contribution in [0.4, 0.5) is 0 Å². The van der Waals surface area contributed by atoms with E-state index in [1.54, 1.807) is 6.92 Å². The lowest BCUT2D eigenvalue weighted by molar-refractivity contribution is -0.158. The third-order valence-electron chi connectivity index (χ3n) is 8.58. The number of piperazine rings is 1. The van der Waals surface area contributed by atoms with Gasteiger partial charge in [-0.3, -0.25) is 19.3 Å². The zero-order valence-corrected chi connectivity index (χ0v) is 24.6. The van der Waals surface area contributed by atoms with Crippen molar-refractivity contribution >= 4 is 35.5 Å². The van der Waals surface area contributed by atoms with Crippen LogP contribution in [0.5, 0.6) is 0 Å². The number of amides is 3. The molecule has 0 aromatic carbocycles. The molecule has 17 heteroatoms. The van der Waals surface area contributed by atoms with Crippen molar-refractivity contribution in [1.82, 2.24) is 45.5 Å². The van der Waals surface area contributed by atoms with Crippen LogP contribution in [0.25, 0.3) is 0 Å². The number of fused-ring (bicyclic) bond motifs is 1. The summed E-state index contributed by atoms with van der Waals surface area (Å²) in [5, 5.41) is 26.9. The molecule has 0 spiro atoms. The summed E-state index contributed by atoms with van der Waals surface area (Å²) in [5.41, 5.74) is 11.6. The Morgan fingerprint density at radius 3 is 2.64 bits per heavy atom. The van der Waals surface area contributed by atoms with Crippen molar-refractivity contribution in [2.24, 2.45) is 23.3 Å². The molecule has 16 nitrogen and oxygen atoms in total. The van der Waals surface area contributed by atoms with E-state index in [0.29, 0.717) is 44.0 Å². The van der Waals surface area contributed by atoms with E-state index < -0.39 is 17.9 Å². The summed E-state index contributed by atoms with van der Waals surface area (Å²) in [6.45, 7) is 8.03. The summed E-state index contributed by atoms with van der Waals surface area (Å²) in [7, 11) is 0. The Morgan fingerprint density at radius 2 is 2.00 bits per heavy atom. The van der Waals surface area contributed by atoms with E-state index in [0.717, 1.165) is 13.1 Å². The fourth-order valence-electron chi connectivity index (χ4n) is 6.42. The number of tetrazole rings is 1. The van der Waals surface area contributed by atoms with Crippen LogP contribution in [0, 0.1) is 11.8 Å². The van der Waals surface area contributed by atoms with Crippen LogP contribution in [-0.4, -0.2) is 139 Å². The zero-order chi connectivity index (χ0) is 30.1. The van der Waals surface area contributed by atoms with Crippen molar-refractivity contribution in [1.29, 1.82) is 0 Å². The average Bonchev–Trinajstić information content (AvgIpc) is 3.69. The number of carboxylic acids is 1. The van der Waals surface area contributed by atoms with E-state index in [1.807, 2.05) is 11.8 Å². The molecule has 4 aliphatic heterocycles. The Balaban J connectivity index is 1.17. The highest BCUT2D eigenvalue weighted by atomic mass is 32.2. The maximum atomic E-state index is 13.3. The van der Waals surface area contributed by atoms with Gasteiger partial charge < -0.3 is 37.0 Å². The van der Waals surface area contributed by atoms with E-state index in [-0.39, 0.29) is 59.3 Å². The molecule has 7 N–H and O–H groups in total. The smallest absolute Gasteiger partial charge is 0.353 e. The summed E-state index contributed by atoms with van der Waals surface area (Å²) >= 11 is 1.44. The SMILES string of the molecule is CC(NC(=O)Cn1cnnn1)[C@H]1C(=O)N2C(C(=O)O)=C(S[C@@H]3CN[C@H](C(=O)N4CCN(CC(N)CN)CC4)C3)[C@H](C)[C@H]12. The number of carbonyl (C=O) groups is 4. The molecule has 0 radical (unpaired) electrons. The zero-order valence-electron chi connectivity index (χ0n) is 23.8. The fraction of sp³-hybridized carbons (Fsp3) is 0.720. The van der Waals surface area contributed by atoms with Gasteiger partial charge in [-0.1, -0.05) is 6.92 Å². The molecule has 2 unspecified atom stereocenters. The molecule has 230 valence electrons. The number of β-lactam (4-membered cyclic amide) rings is 1. The van der Waals surface area contributed by atoms with Gasteiger partial charge in [0.05, 0.1) is 18.0 Å². The molecule has 7 atom stereocenters. The van der Waals surface area contributed by atoms with Gasteiger partial charge in [-0.2, -0.15) is 0 Å². The number of rotatable bonds is 11. The number of nitrogens with one attached hydrogen (secondary N) is 2. The Hall–Kier alpha value is -3.12. The van der Waals surface area contributed by atoms with Crippen molar-refractivity contribution in [3.63, 3.8) is 0 Å². The van der Waals surface area contributed by atoms with Crippen LogP contribution in [0.15, 0.2) is 16.9 Å². The number of nitrogens with zero attached hydrogens (tertiary/aromatic N) is 7. The number of carboxylic acid groups (broad SMARTS) is 1. The minimum Gasteiger partial charge on any atom is -0.477 e. The van der Waals surface area contributed by atoms with Gasteiger partial charge in [0.2, 0.25) is 17.7 Å². The first-order valence-electron chi connectivity index (χ1n) is 14.3. The third-order valence-corrected chi connectivity index (χ3v) is 10.1. The maximum Gasteiger partial charge on any atom is 0.353 e. The molecule has 5 heterocycles. The van der Waals surface area contributed by atoms with Crippen molar-refractivity contribution in [3.8, 4) is 0 Å². The second-order valence-electron chi connectivity index (χ2n) is 11.5. The first kappa shape index (κ1) is 30.3. The quantitative estimate of drug-likeness (QED) is 0.158. The third kappa shape index (κ3) is 6.01. The number of thioether (sulfide) groups is 1. The van der Waals surface area contributed by atoms with Crippen LogP contribution in [-0.2, 0) is 25.7 Å². The first-order valence-corrected chi connectivity index (χ1v) is 15.1. The van der Waals surface area contributed by atoms with E-state index in [9.17, 15) is 24.3 Å². The highest BCUT2D eigenvalue weighted by Gasteiger charge is 2.60. The average molecular weight is 606 g/mol. The van der Waals surface area contributed by atoms with Gasteiger partial charge in [0.15, 0.2) is 0 Å². The minimum absolute atomic E-state index is 0.00699. The van der Waals surface area contributed by atoms with Crippen molar-refractivity contribution in [2.75, 3.05) is 45.8 Å². The largest absolute Gasteiger partial charge is 0.477 e. The lowest BCUT2D eigenvalue weighted by atomic mass is 9.78. The molecule has 3 amide bonds. The van der Waals surface area contributed by atoms with Crippen LogP contribution in [0.3, 0.4) is 0 Å². The van der Waals surface area contributed by atoms with E-state index in [2.05, 4.69) is 31.1 Å². The number of nitrogens with two attached hydrogens (primary N) is 2. The van der Waals surface area contributed by atoms with Gasteiger partial charge in [-0.05, 0) is 23.8 Å².